The molecule has 140 valence electrons. The Morgan fingerprint density at radius 1 is 0.964 bits per heavy atom. The third-order valence-electron chi connectivity index (χ3n) is 5.06. The molecule has 5 rings (SSSR count). The van der Waals surface area contributed by atoms with Crippen LogP contribution < -0.4 is 0 Å². The fourth-order valence-electron chi connectivity index (χ4n) is 3.68. The minimum atomic E-state index is 0.0446. The molecule has 28 heavy (non-hydrogen) atoms. The minimum absolute atomic E-state index is 0.0446. The van der Waals surface area contributed by atoms with E-state index in [1.54, 1.807) is 28.7 Å². The van der Waals surface area contributed by atoms with Gasteiger partial charge in [0.25, 0.3) is 0 Å². The number of para-hydroxylation sites is 2. The second-order valence-electron chi connectivity index (χ2n) is 6.92. The summed E-state index contributed by atoms with van der Waals surface area (Å²) in [5.74, 6) is 0.0446. The Morgan fingerprint density at radius 2 is 1.68 bits per heavy atom. The van der Waals surface area contributed by atoms with E-state index in [0.29, 0.717) is 0 Å². The van der Waals surface area contributed by atoms with Crippen LogP contribution in [0.4, 0.5) is 0 Å². The van der Waals surface area contributed by atoms with Gasteiger partial charge in [-0.05, 0) is 49.6 Å². The Hall–Kier alpha value is -2.57. The van der Waals surface area contributed by atoms with E-state index in [0.717, 1.165) is 51.6 Å². The van der Waals surface area contributed by atoms with Gasteiger partial charge < -0.3 is 4.90 Å². The van der Waals surface area contributed by atoms with Crippen molar-refractivity contribution in [3.63, 3.8) is 0 Å². The molecule has 2 aromatic carbocycles. The molecule has 4 aromatic rings. The van der Waals surface area contributed by atoms with Gasteiger partial charge in [0, 0.05) is 12.6 Å². The maximum absolute atomic E-state index is 13.0. The molecular formula is C22H19N3OS2. The number of rotatable bonds is 3. The molecular weight excluding hydrogens is 386 g/mol. The lowest BCUT2D eigenvalue weighted by atomic mass is 10.0. The van der Waals surface area contributed by atoms with Crippen LogP contribution in [0, 0.1) is 0 Å². The van der Waals surface area contributed by atoms with Crippen molar-refractivity contribution in [2.75, 3.05) is 6.54 Å². The van der Waals surface area contributed by atoms with E-state index in [2.05, 4.69) is 17.1 Å². The number of hydrogen-bond acceptors (Lipinski definition) is 5. The lowest BCUT2D eigenvalue weighted by Crippen LogP contribution is -2.37. The SMILES string of the molecule is O=C(/C=C/c1nc2ccccc2s1)N1CCCCC1c1nc2ccccc2s1. The fraction of sp³-hybridized carbons (Fsp3) is 0.227. The molecule has 3 heterocycles. The molecule has 0 saturated carbocycles. The van der Waals surface area contributed by atoms with Gasteiger partial charge in [-0.25, -0.2) is 9.97 Å². The molecule has 2 aromatic heterocycles. The van der Waals surface area contributed by atoms with Gasteiger partial charge in [-0.1, -0.05) is 24.3 Å². The van der Waals surface area contributed by atoms with Crippen LogP contribution in [-0.2, 0) is 4.79 Å². The van der Waals surface area contributed by atoms with Crippen LogP contribution in [0.5, 0.6) is 0 Å². The summed E-state index contributed by atoms with van der Waals surface area (Å²) < 4.78 is 2.32. The molecule has 0 radical (unpaired) electrons. The van der Waals surface area contributed by atoms with Crippen molar-refractivity contribution in [2.45, 2.75) is 25.3 Å². The summed E-state index contributed by atoms with van der Waals surface area (Å²) in [7, 11) is 0. The van der Waals surface area contributed by atoms with E-state index in [9.17, 15) is 4.79 Å². The number of thiazole rings is 2. The number of nitrogens with zero attached hydrogens (tertiary/aromatic N) is 3. The molecule has 1 saturated heterocycles. The van der Waals surface area contributed by atoms with Gasteiger partial charge in [-0.2, -0.15) is 0 Å². The first-order valence-corrected chi connectivity index (χ1v) is 11.1. The minimum Gasteiger partial charge on any atom is -0.330 e. The van der Waals surface area contributed by atoms with Gasteiger partial charge in [-0.3, -0.25) is 4.79 Å². The van der Waals surface area contributed by atoms with Gasteiger partial charge in [0.05, 0.1) is 26.5 Å². The summed E-state index contributed by atoms with van der Waals surface area (Å²) in [6.07, 6.45) is 6.66. The smallest absolute Gasteiger partial charge is 0.247 e. The van der Waals surface area contributed by atoms with Crippen LogP contribution in [0.25, 0.3) is 26.5 Å². The molecule has 6 heteroatoms. The summed E-state index contributed by atoms with van der Waals surface area (Å²) in [5.41, 5.74) is 2.00. The molecule has 1 fully saturated rings. The van der Waals surface area contributed by atoms with Crippen LogP contribution in [-0.4, -0.2) is 27.3 Å². The topological polar surface area (TPSA) is 46.1 Å². The van der Waals surface area contributed by atoms with Crippen molar-refractivity contribution in [1.29, 1.82) is 0 Å². The van der Waals surface area contributed by atoms with Crippen molar-refractivity contribution < 1.29 is 4.79 Å². The first-order chi connectivity index (χ1) is 13.8. The first-order valence-electron chi connectivity index (χ1n) is 9.48. The van der Waals surface area contributed by atoms with E-state index in [1.807, 2.05) is 47.4 Å². The van der Waals surface area contributed by atoms with Gasteiger partial charge in [0.2, 0.25) is 5.91 Å². The van der Waals surface area contributed by atoms with Gasteiger partial charge in [-0.15, -0.1) is 22.7 Å². The normalized spacial score (nSPS) is 17.7. The van der Waals surface area contributed by atoms with Crippen LogP contribution in [0.3, 0.4) is 0 Å². The van der Waals surface area contributed by atoms with Gasteiger partial charge in [0.15, 0.2) is 0 Å². The summed E-state index contributed by atoms with van der Waals surface area (Å²) in [5, 5.41) is 1.91. The van der Waals surface area contributed by atoms with Crippen LogP contribution >= 0.6 is 22.7 Å². The standard InChI is InChI=1S/C22H19N3OS2/c26-21(13-12-20-23-15-7-1-3-10-18(15)27-20)25-14-6-5-9-17(25)22-24-16-8-2-4-11-19(16)28-22/h1-4,7-8,10-13,17H,5-6,9,14H2/b13-12+. The Kier molecular flexibility index (Phi) is 4.66. The highest BCUT2D eigenvalue weighted by molar-refractivity contribution is 7.19. The monoisotopic (exact) mass is 405 g/mol. The maximum Gasteiger partial charge on any atom is 0.247 e. The summed E-state index contributed by atoms with van der Waals surface area (Å²) in [4.78, 5) is 24.3. The van der Waals surface area contributed by atoms with Crippen LogP contribution in [0.2, 0.25) is 0 Å². The second kappa shape index (κ2) is 7.45. The molecule has 1 unspecified atom stereocenters. The lowest BCUT2D eigenvalue weighted by Gasteiger charge is -2.33. The zero-order chi connectivity index (χ0) is 18.9. The number of hydrogen-bond donors (Lipinski definition) is 0. The largest absolute Gasteiger partial charge is 0.330 e. The Labute approximate surface area is 171 Å². The number of piperidine rings is 1. The highest BCUT2D eigenvalue weighted by Gasteiger charge is 2.29. The predicted octanol–water partition coefficient (Wildman–Crippen LogP) is 5.67. The average molecular weight is 406 g/mol. The Bertz CT molecular complexity index is 1110. The highest BCUT2D eigenvalue weighted by Crippen LogP contribution is 2.35. The highest BCUT2D eigenvalue weighted by atomic mass is 32.1. The van der Waals surface area contributed by atoms with Gasteiger partial charge >= 0.3 is 0 Å². The van der Waals surface area contributed by atoms with E-state index in [4.69, 9.17) is 4.98 Å². The van der Waals surface area contributed by atoms with Crippen molar-refractivity contribution in [3.8, 4) is 0 Å². The summed E-state index contributed by atoms with van der Waals surface area (Å²) in [6.45, 7) is 0.781. The zero-order valence-electron chi connectivity index (χ0n) is 15.2. The van der Waals surface area contributed by atoms with Crippen molar-refractivity contribution in [1.82, 2.24) is 14.9 Å². The summed E-state index contributed by atoms with van der Waals surface area (Å²) >= 11 is 3.31. The maximum atomic E-state index is 13.0. The summed E-state index contributed by atoms with van der Waals surface area (Å²) in [6, 6.07) is 16.3. The Morgan fingerprint density at radius 3 is 2.43 bits per heavy atom. The van der Waals surface area contributed by atoms with Crippen molar-refractivity contribution >= 4 is 55.1 Å². The van der Waals surface area contributed by atoms with E-state index >= 15 is 0 Å². The number of likely N-dealkylation sites (tertiary alicyclic amines) is 1. The van der Waals surface area contributed by atoms with Gasteiger partial charge in [0.1, 0.15) is 10.0 Å². The molecule has 1 aliphatic rings. The van der Waals surface area contributed by atoms with E-state index in [-0.39, 0.29) is 11.9 Å². The lowest BCUT2D eigenvalue weighted by molar-refractivity contribution is -0.129. The fourth-order valence-corrected chi connectivity index (χ4v) is 5.67. The Balaban J connectivity index is 1.40. The molecule has 0 aliphatic carbocycles. The van der Waals surface area contributed by atoms with E-state index < -0.39 is 0 Å². The molecule has 1 atom stereocenters. The number of carbonyl (C=O) groups excluding carboxylic acids is 1. The van der Waals surface area contributed by atoms with Crippen LogP contribution in [0.1, 0.15) is 35.3 Å². The third-order valence-corrected chi connectivity index (χ3v) is 7.20. The quantitative estimate of drug-likeness (QED) is 0.412. The predicted molar refractivity (Wildman–Crippen MR) is 117 cm³/mol. The number of aromatic nitrogens is 2. The molecule has 0 bridgehead atoms. The molecule has 1 aliphatic heterocycles. The molecule has 0 N–H and O–H groups in total. The van der Waals surface area contributed by atoms with Crippen molar-refractivity contribution in [3.05, 3.63) is 64.6 Å². The number of fused-ring (bicyclic) bond motifs is 2. The van der Waals surface area contributed by atoms with Crippen molar-refractivity contribution in [2.24, 2.45) is 0 Å². The second-order valence-corrected chi connectivity index (χ2v) is 9.04. The van der Waals surface area contributed by atoms with E-state index in [1.165, 1.54) is 4.70 Å². The number of amides is 1. The molecule has 4 nitrogen and oxygen atoms in total. The number of benzene rings is 2. The first kappa shape index (κ1) is 17.5. The zero-order valence-corrected chi connectivity index (χ0v) is 16.9. The molecule has 0 spiro atoms. The third kappa shape index (κ3) is 3.34. The average Bonchev–Trinajstić information content (AvgIpc) is 3.35. The molecule has 1 amide bonds. The van der Waals surface area contributed by atoms with Crippen LogP contribution in [0.15, 0.2) is 54.6 Å². The number of carbonyl (C=O) groups is 1.